The lowest BCUT2D eigenvalue weighted by molar-refractivity contribution is -0.141. The lowest BCUT2D eigenvalue weighted by Crippen LogP contribution is -2.57. The summed E-state index contributed by atoms with van der Waals surface area (Å²) in [5.41, 5.74) is 0.785. The molecule has 3 amide bonds. The predicted octanol–water partition coefficient (Wildman–Crippen LogP) is 0.684. The van der Waals surface area contributed by atoms with Crippen LogP contribution in [0.5, 0.6) is 0 Å². The van der Waals surface area contributed by atoms with Gasteiger partial charge in [-0.1, -0.05) is 44.2 Å². The Hall–Kier alpha value is -3.10. The molecule has 0 heterocycles. The van der Waals surface area contributed by atoms with E-state index in [4.69, 9.17) is 5.11 Å². The second-order valence-electron chi connectivity index (χ2n) is 6.68. The summed E-state index contributed by atoms with van der Waals surface area (Å²) in [5.74, 6) is -2.66. The minimum absolute atomic E-state index is 0.161. The average molecular weight is 393 g/mol. The molecule has 0 fully saturated rings. The summed E-state index contributed by atoms with van der Waals surface area (Å²) in [4.78, 5) is 47.8. The number of alkyl carbamates (subject to hydrolysis) is 1. The van der Waals surface area contributed by atoms with Crippen LogP contribution >= 0.6 is 0 Å². The zero-order chi connectivity index (χ0) is 21.3. The third-order valence-corrected chi connectivity index (χ3v) is 4.05. The van der Waals surface area contributed by atoms with Crippen LogP contribution in [0.4, 0.5) is 4.79 Å². The van der Waals surface area contributed by atoms with Gasteiger partial charge in [0.05, 0.1) is 7.11 Å². The Morgan fingerprint density at radius 2 is 1.57 bits per heavy atom. The number of hydrogen-bond acceptors (Lipinski definition) is 5. The van der Waals surface area contributed by atoms with Crippen molar-refractivity contribution in [2.75, 3.05) is 7.11 Å². The number of nitrogens with one attached hydrogen (secondary N) is 3. The van der Waals surface area contributed by atoms with Gasteiger partial charge in [0.1, 0.15) is 18.1 Å². The van der Waals surface area contributed by atoms with Gasteiger partial charge in [0.25, 0.3) is 0 Å². The summed E-state index contributed by atoms with van der Waals surface area (Å²) >= 11 is 0. The van der Waals surface area contributed by atoms with Crippen LogP contribution in [0.25, 0.3) is 0 Å². The van der Waals surface area contributed by atoms with Crippen LogP contribution in [0, 0.1) is 5.92 Å². The molecule has 0 unspecified atom stereocenters. The maximum Gasteiger partial charge on any atom is 0.407 e. The molecule has 0 spiro atoms. The highest BCUT2D eigenvalue weighted by atomic mass is 16.5. The van der Waals surface area contributed by atoms with Crippen molar-refractivity contribution in [3.63, 3.8) is 0 Å². The molecule has 0 saturated heterocycles. The lowest BCUT2D eigenvalue weighted by atomic mass is 10.0. The number of amides is 3. The zero-order valence-electron chi connectivity index (χ0n) is 16.4. The first kappa shape index (κ1) is 22.9. The van der Waals surface area contributed by atoms with Crippen molar-refractivity contribution in [1.29, 1.82) is 0 Å². The number of methoxy groups -OCH3 is 1. The molecule has 3 atom stereocenters. The maximum absolute atomic E-state index is 12.7. The van der Waals surface area contributed by atoms with Gasteiger partial charge in [0.15, 0.2) is 0 Å². The van der Waals surface area contributed by atoms with Crippen LogP contribution in [0.15, 0.2) is 30.3 Å². The summed E-state index contributed by atoms with van der Waals surface area (Å²) in [7, 11) is 1.18. The van der Waals surface area contributed by atoms with Crippen LogP contribution in [-0.4, -0.2) is 54.2 Å². The van der Waals surface area contributed by atoms with Crippen molar-refractivity contribution in [3.05, 3.63) is 35.9 Å². The summed E-state index contributed by atoms with van der Waals surface area (Å²) in [6.45, 7) is 4.80. The molecule has 1 aromatic rings. The molecule has 0 aliphatic rings. The number of rotatable bonds is 9. The van der Waals surface area contributed by atoms with E-state index in [0.717, 1.165) is 5.56 Å². The fourth-order valence-electron chi connectivity index (χ4n) is 2.42. The molecule has 1 rings (SSSR count). The topological polar surface area (TPSA) is 134 Å². The minimum atomic E-state index is -1.19. The number of carbonyl (C=O) groups is 4. The van der Waals surface area contributed by atoms with Crippen LogP contribution in [0.3, 0.4) is 0 Å². The Bertz CT molecular complexity index is 692. The van der Waals surface area contributed by atoms with E-state index in [1.54, 1.807) is 38.1 Å². The maximum atomic E-state index is 12.7. The van der Waals surface area contributed by atoms with Gasteiger partial charge in [0, 0.05) is 6.42 Å². The molecule has 0 aliphatic heterocycles. The van der Waals surface area contributed by atoms with Gasteiger partial charge in [-0.3, -0.25) is 14.4 Å². The van der Waals surface area contributed by atoms with Crippen molar-refractivity contribution in [1.82, 2.24) is 16.0 Å². The predicted molar refractivity (Wildman–Crippen MR) is 101 cm³/mol. The molecule has 0 radical (unpaired) electrons. The summed E-state index contributed by atoms with van der Waals surface area (Å²) < 4.78 is 4.53. The van der Waals surface area contributed by atoms with Crippen LogP contribution < -0.4 is 16.0 Å². The van der Waals surface area contributed by atoms with Gasteiger partial charge in [0.2, 0.25) is 11.8 Å². The highest BCUT2D eigenvalue weighted by molar-refractivity contribution is 5.93. The standard InChI is InChI=1S/C19H27N3O6/c1-11(2)15(22-19(27)28-4)17(24)21-14(10-13-8-6-5-7-9-13)16(23)20-12(3)18(25)26/h5-9,11-12,14-15H,10H2,1-4H3,(H,20,23)(H,21,24)(H,22,27)(H,25,26)/t12-,14-,15-/m0/s1. The third-order valence-electron chi connectivity index (χ3n) is 4.05. The van der Waals surface area contributed by atoms with Crippen LogP contribution in [-0.2, 0) is 25.5 Å². The molecular formula is C19H27N3O6. The second kappa shape index (κ2) is 10.9. The number of benzene rings is 1. The first-order chi connectivity index (χ1) is 13.1. The molecule has 0 bridgehead atoms. The van der Waals surface area contributed by atoms with Crippen molar-refractivity contribution in [2.45, 2.75) is 45.3 Å². The van der Waals surface area contributed by atoms with Crippen molar-refractivity contribution in [2.24, 2.45) is 5.92 Å². The van der Waals surface area contributed by atoms with Gasteiger partial charge < -0.3 is 25.8 Å². The quantitative estimate of drug-likeness (QED) is 0.488. The molecule has 9 heteroatoms. The van der Waals surface area contributed by atoms with Gasteiger partial charge in [-0.25, -0.2) is 4.79 Å². The van der Waals surface area contributed by atoms with E-state index in [-0.39, 0.29) is 12.3 Å². The molecule has 9 nitrogen and oxygen atoms in total. The van der Waals surface area contributed by atoms with E-state index in [1.807, 2.05) is 6.07 Å². The number of ether oxygens (including phenoxy) is 1. The zero-order valence-corrected chi connectivity index (χ0v) is 16.4. The van der Waals surface area contributed by atoms with Crippen molar-refractivity contribution in [3.8, 4) is 0 Å². The van der Waals surface area contributed by atoms with E-state index in [2.05, 4.69) is 20.7 Å². The highest BCUT2D eigenvalue weighted by Crippen LogP contribution is 2.07. The van der Waals surface area contributed by atoms with Crippen LogP contribution in [0.1, 0.15) is 26.3 Å². The fourth-order valence-corrected chi connectivity index (χ4v) is 2.42. The molecule has 154 valence electrons. The van der Waals surface area contributed by atoms with Gasteiger partial charge in [-0.2, -0.15) is 0 Å². The molecule has 28 heavy (non-hydrogen) atoms. The summed E-state index contributed by atoms with van der Waals surface area (Å²) in [6, 6.07) is 5.94. The summed E-state index contributed by atoms with van der Waals surface area (Å²) in [6.07, 6.45) is -0.606. The normalized spacial score (nSPS) is 13.8. The molecule has 4 N–H and O–H groups in total. The molecule has 1 aromatic carbocycles. The van der Waals surface area contributed by atoms with Gasteiger partial charge >= 0.3 is 12.1 Å². The Labute approximate surface area is 163 Å². The Kier molecular flexibility index (Phi) is 8.94. The number of carboxylic acids is 1. The monoisotopic (exact) mass is 393 g/mol. The molecular weight excluding hydrogens is 366 g/mol. The molecule has 0 aliphatic carbocycles. The second-order valence-corrected chi connectivity index (χ2v) is 6.68. The Morgan fingerprint density at radius 3 is 2.07 bits per heavy atom. The summed E-state index contributed by atoms with van der Waals surface area (Å²) in [5, 5.41) is 16.4. The van der Waals surface area contributed by atoms with Crippen molar-refractivity contribution >= 4 is 23.9 Å². The van der Waals surface area contributed by atoms with Gasteiger partial charge in [-0.05, 0) is 18.4 Å². The first-order valence-corrected chi connectivity index (χ1v) is 8.87. The highest BCUT2D eigenvalue weighted by Gasteiger charge is 2.30. The van der Waals surface area contributed by atoms with Crippen molar-refractivity contribution < 1.29 is 29.0 Å². The third kappa shape index (κ3) is 7.26. The SMILES string of the molecule is COC(=O)N[C@H](C(=O)N[C@@H](Cc1ccccc1)C(=O)N[C@@H](C)C(=O)O)C(C)C. The van der Waals surface area contributed by atoms with E-state index in [1.165, 1.54) is 14.0 Å². The largest absolute Gasteiger partial charge is 0.480 e. The number of hydrogen-bond donors (Lipinski definition) is 4. The molecule has 0 saturated carbocycles. The van der Waals surface area contributed by atoms with E-state index in [9.17, 15) is 19.2 Å². The Balaban J connectivity index is 2.99. The first-order valence-electron chi connectivity index (χ1n) is 8.87. The van der Waals surface area contributed by atoms with E-state index >= 15 is 0 Å². The smallest absolute Gasteiger partial charge is 0.407 e. The Morgan fingerprint density at radius 1 is 0.964 bits per heavy atom. The van der Waals surface area contributed by atoms with E-state index < -0.39 is 42.0 Å². The lowest BCUT2D eigenvalue weighted by Gasteiger charge is -2.25. The fraction of sp³-hybridized carbons (Fsp3) is 0.474. The number of carboxylic acid groups (broad SMARTS) is 1. The van der Waals surface area contributed by atoms with E-state index in [0.29, 0.717) is 0 Å². The molecule has 0 aromatic heterocycles. The number of aliphatic carboxylic acids is 1. The van der Waals surface area contributed by atoms with Crippen LogP contribution in [0.2, 0.25) is 0 Å². The average Bonchev–Trinajstić information content (AvgIpc) is 2.65. The minimum Gasteiger partial charge on any atom is -0.480 e. The number of carbonyl (C=O) groups excluding carboxylic acids is 3. The van der Waals surface area contributed by atoms with Gasteiger partial charge in [-0.15, -0.1) is 0 Å².